The van der Waals surface area contributed by atoms with Gasteiger partial charge in [-0.15, -0.1) is 0 Å². The van der Waals surface area contributed by atoms with Gasteiger partial charge in [-0.1, -0.05) is 0 Å². The third kappa shape index (κ3) is 3.95. The standard InChI is InChI=1S/C19H20F2N6/c1-14-23-18(12-19(24-14)27-6-2-5-22-27)26-9-7-25(8-10-26)13-15-11-16(20)3-4-17(15)21/h2-6,11-12H,7-10,13H2,1H3. The maximum absolute atomic E-state index is 13.9. The topological polar surface area (TPSA) is 50.1 Å². The first-order valence-electron chi connectivity index (χ1n) is 8.85. The van der Waals surface area contributed by atoms with Crippen molar-refractivity contribution >= 4 is 5.82 Å². The summed E-state index contributed by atoms with van der Waals surface area (Å²) in [5.74, 6) is 1.49. The van der Waals surface area contributed by atoms with Gasteiger partial charge in [0.1, 0.15) is 23.3 Å². The number of benzene rings is 1. The summed E-state index contributed by atoms with van der Waals surface area (Å²) < 4.78 is 28.9. The molecule has 1 aliphatic rings. The summed E-state index contributed by atoms with van der Waals surface area (Å²) in [5.41, 5.74) is 0.391. The molecule has 0 aliphatic carbocycles. The van der Waals surface area contributed by atoms with E-state index in [9.17, 15) is 8.78 Å². The minimum absolute atomic E-state index is 0.367. The first-order chi connectivity index (χ1) is 13.1. The normalized spacial score (nSPS) is 15.3. The molecule has 1 saturated heterocycles. The van der Waals surface area contributed by atoms with Gasteiger partial charge in [-0.05, 0) is 31.2 Å². The van der Waals surface area contributed by atoms with Crippen molar-refractivity contribution in [3.63, 3.8) is 0 Å². The van der Waals surface area contributed by atoms with Crippen LogP contribution in [0.5, 0.6) is 0 Å². The summed E-state index contributed by atoms with van der Waals surface area (Å²) in [6, 6.07) is 7.36. The Kier molecular flexibility index (Phi) is 4.81. The predicted molar refractivity (Wildman–Crippen MR) is 97.7 cm³/mol. The second kappa shape index (κ2) is 7.40. The predicted octanol–water partition coefficient (Wildman–Crippen LogP) is 2.57. The first-order valence-corrected chi connectivity index (χ1v) is 8.85. The Labute approximate surface area is 156 Å². The smallest absolute Gasteiger partial charge is 0.159 e. The van der Waals surface area contributed by atoms with Crippen LogP contribution in [-0.2, 0) is 6.54 Å². The number of nitrogens with zero attached hydrogens (tertiary/aromatic N) is 6. The minimum atomic E-state index is -0.410. The number of hydrogen-bond donors (Lipinski definition) is 0. The molecule has 0 spiro atoms. The molecule has 1 aromatic carbocycles. The maximum atomic E-state index is 13.9. The average molecular weight is 370 g/mol. The molecule has 0 N–H and O–H groups in total. The van der Waals surface area contributed by atoms with Crippen LogP contribution in [0, 0.1) is 18.6 Å². The van der Waals surface area contributed by atoms with E-state index in [0.717, 1.165) is 43.9 Å². The largest absolute Gasteiger partial charge is 0.354 e. The number of piperazine rings is 1. The number of halogens is 2. The molecule has 1 fully saturated rings. The summed E-state index contributed by atoms with van der Waals surface area (Å²) in [5, 5.41) is 4.22. The molecule has 4 rings (SSSR count). The highest BCUT2D eigenvalue weighted by molar-refractivity contribution is 5.44. The van der Waals surface area contributed by atoms with Crippen molar-refractivity contribution < 1.29 is 8.78 Å². The molecule has 8 heteroatoms. The Morgan fingerprint density at radius 3 is 2.52 bits per heavy atom. The van der Waals surface area contributed by atoms with Crippen LogP contribution in [0.1, 0.15) is 11.4 Å². The molecular formula is C19H20F2N6. The van der Waals surface area contributed by atoms with Crippen molar-refractivity contribution in [3.8, 4) is 5.82 Å². The van der Waals surface area contributed by atoms with E-state index in [1.807, 2.05) is 25.3 Å². The van der Waals surface area contributed by atoms with Gasteiger partial charge in [-0.2, -0.15) is 5.10 Å². The molecular weight excluding hydrogens is 350 g/mol. The molecule has 1 aliphatic heterocycles. The van der Waals surface area contributed by atoms with Crippen molar-refractivity contribution in [3.05, 3.63) is 65.7 Å². The number of aromatic nitrogens is 4. The van der Waals surface area contributed by atoms with Crippen molar-refractivity contribution in [2.75, 3.05) is 31.1 Å². The quantitative estimate of drug-likeness (QED) is 0.707. The van der Waals surface area contributed by atoms with E-state index >= 15 is 0 Å². The highest BCUT2D eigenvalue weighted by atomic mass is 19.1. The third-order valence-electron chi connectivity index (χ3n) is 4.65. The molecule has 6 nitrogen and oxygen atoms in total. The zero-order valence-electron chi connectivity index (χ0n) is 15.0. The molecule has 27 heavy (non-hydrogen) atoms. The summed E-state index contributed by atoms with van der Waals surface area (Å²) >= 11 is 0. The lowest BCUT2D eigenvalue weighted by Gasteiger charge is -2.35. The Hall–Kier alpha value is -2.87. The fraction of sp³-hybridized carbons (Fsp3) is 0.316. The van der Waals surface area contributed by atoms with Gasteiger partial charge in [-0.25, -0.2) is 23.4 Å². The fourth-order valence-corrected chi connectivity index (χ4v) is 3.26. The summed E-state index contributed by atoms with van der Waals surface area (Å²) in [7, 11) is 0. The van der Waals surface area contributed by atoms with E-state index in [1.54, 1.807) is 10.9 Å². The van der Waals surface area contributed by atoms with Crippen LogP contribution in [0.2, 0.25) is 0 Å². The van der Waals surface area contributed by atoms with Gasteiger partial charge in [0.2, 0.25) is 0 Å². The number of hydrogen-bond acceptors (Lipinski definition) is 5. The molecule has 0 radical (unpaired) electrons. The molecule has 2 aromatic heterocycles. The van der Waals surface area contributed by atoms with Crippen LogP contribution in [-0.4, -0.2) is 50.8 Å². The molecule has 3 heterocycles. The van der Waals surface area contributed by atoms with Gasteiger partial charge in [0.05, 0.1) is 0 Å². The van der Waals surface area contributed by atoms with Crippen LogP contribution < -0.4 is 4.90 Å². The van der Waals surface area contributed by atoms with Crippen molar-refractivity contribution in [2.24, 2.45) is 0 Å². The van der Waals surface area contributed by atoms with Gasteiger partial charge in [0.25, 0.3) is 0 Å². The lowest BCUT2D eigenvalue weighted by Crippen LogP contribution is -2.46. The Bertz CT molecular complexity index is 920. The van der Waals surface area contributed by atoms with Gasteiger partial charge in [0, 0.05) is 56.7 Å². The monoisotopic (exact) mass is 370 g/mol. The number of aryl methyl sites for hydroxylation is 1. The van der Waals surface area contributed by atoms with E-state index in [4.69, 9.17) is 0 Å². The van der Waals surface area contributed by atoms with E-state index in [2.05, 4.69) is 24.9 Å². The SMILES string of the molecule is Cc1nc(N2CCN(Cc3cc(F)ccc3F)CC2)cc(-n2cccn2)n1. The van der Waals surface area contributed by atoms with E-state index in [0.29, 0.717) is 17.9 Å². The highest BCUT2D eigenvalue weighted by Gasteiger charge is 2.20. The zero-order valence-corrected chi connectivity index (χ0v) is 15.0. The van der Waals surface area contributed by atoms with Crippen molar-refractivity contribution in [1.29, 1.82) is 0 Å². The van der Waals surface area contributed by atoms with Crippen LogP contribution in [0.15, 0.2) is 42.7 Å². The average Bonchev–Trinajstić information content (AvgIpc) is 3.20. The van der Waals surface area contributed by atoms with Crippen molar-refractivity contribution in [2.45, 2.75) is 13.5 Å². The van der Waals surface area contributed by atoms with Crippen LogP contribution in [0.4, 0.5) is 14.6 Å². The summed E-state index contributed by atoms with van der Waals surface area (Å²) in [4.78, 5) is 13.3. The summed E-state index contributed by atoms with van der Waals surface area (Å²) in [6.07, 6.45) is 3.55. The van der Waals surface area contributed by atoms with E-state index in [1.165, 1.54) is 12.1 Å². The van der Waals surface area contributed by atoms with Gasteiger partial charge < -0.3 is 4.90 Å². The molecule has 3 aromatic rings. The second-order valence-electron chi connectivity index (χ2n) is 6.58. The second-order valence-corrected chi connectivity index (χ2v) is 6.58. The van der Waals surface area contributed by atoms with Crippen LogP contribution >= 0.6 is 0 Å². The molecule has 0 bridgehead atoms. The third-order valence-corrected chi connectivity index (χ3v) is 4.65. The molecule has 140 valence electrons. The van der Waals surface area contributed by atoms with Crippen LogP contribution in [0.3, 0.4) is 0 Å². The van der Waals surface area contributed by atoms with Crippen molar-refractivity contribution in [1.82, 2.24) is 24.6 Å². The zero-order chi connectivity index (χ0) is 18.8. The van der Waals surface area contributed by atoms with Gasteiger partial charge in [0.15, 0.2) is 5.82 Å². The minimum Gasteiger partial charge on any atom is -0.354 e. The lowest BCUT2D eigenvalue weighted by molar-refractivity contribution is 0.245. The Morgan fingerprint density at radius 2 is 1.78 bits per heavy atom. The number of anilines is 1. The molecule has 0 unspecified atom stereocenters. The Morgan fingerprint density at radius 1 is 1.00 bits per heavy atom. The highest BCUT2D eigenvalue weighted by Crippen LogP contribution is 2.19. The van der Waals surface area contributed by atoms with Gasteiger partial charge >= 0.3 is 0 Å². The van der Waals surface area contributed by atoms with E-state index in [-0.39, 0.29) is 5.82 Å². The first kappa shape index (κ1) is 17.5. The maximum Gasteiger partial charge on any atom is 0.159 e. The summed E-state index contributed by atoms with van der Waals surface area (Å²) in [6.45, 7) is 5.27. The molecule has 0 saturated carbocycles. The van der Waals surface area contributed by atoms with Crippen LogP contribution in [0.25, 0.3) is 5.82 Å². The fourth-order valence-electron chi connectivity index (χ4n) is 3.26. The number of rotatable bonds is 4. The molecule has 0 atom stereocenters. The molecule has 0 amide bonds. The lowest BCUT2D eigenvalue weighted by atomic mass is 10.1. The van der Waals surface area contributed by atoms with E-state index < -0.39 is 5.82 Å². The Balaban J connectivity index is 1.44. The van der Waals surface area contributed by atoms with Gasteiger partial charge in [-0.3, -0.25) is 4.90 Å².